The molecule has 1 aromatic carbocycles. The number of nitrogens with zero attached hydrogens (tertiary/aromatic N) is 2. The first-order chi connectivity index (χ1) is 9.26. The van der Waals surface area contributed by atoms with E-state index in [4.69, 9.17) is 0 Å². The van der Waals surface area contributed by atoms with Gasteiger partial charge in [0, 0.05) is 0 Å². The van der Waals surface area contributed by atoms with Crippen LogP contribution in [0.4, 0.5) is 0 Å². The number of carbonyl (C=O) groups excluding carboxylic acids is 1. The van der Waals surface area contributed by atoms with Gasteiger partial charge in [0.15, 0.2) is 0 Å². The molecule has 0 saturated carbocycles. The van der Waals surface area contributed by atoms with Crippen molar-refractivity contribution < 1.29 is 9.90 Å². The van der Waals surface area contributed by atoms with Gasteiger partial charge in [-0.05, 0) is 23.5 Å². The molecule has 1 aromatic heterocycles. The van der Waals surface area contributed by atoms with E-state index >= 15 is 0 Å². The fourth-order valence-corrected chi connectivity index (χ4v) is 2.41. The molecule has 2 rings (SSSR count). The summed E-state index contributed by atoms with van der Waals surface area (Å²) in [4.78, 5) is 12.6. The number of rotatable bonds is 5. The van der Waals surface area contributed by atoms with Gasteiger partial charge in [0.1, 0.15) is 4.88 Å². The quantitative estimate of drug-likeness (QED) is 0.869. The standard InChI is InChI=1S/C13H15N3O2S/c1-2-10-12(19-16-15-10)13(18)14-11(8-17)9-6-4-3-5-7-9/h3-7,11,17H,2,8H2,1H3,(H,14,18)/t11-/m0/s1. The van der Waals surface area contributed by atoms with Gasteiger partial charge in [-0.25, -0.2) is 0 Å². The molecule has 0 spiro atoms. The van der Waals surface area contributed by atoms with E-state index in [2.05, 4.69) is 14.9 Å². The molecule has 0 unspecified atom stereocenters. The van der Waals surface area contributed by atoms with Crippen LogP contribution in [-0.2, 0) is 6.42 Å². The van der Waals surface area contributed by atoms with E-state index < -0.39 is 6.04 Å². The van der Waals surface area contributed by atoms with Gasteiger partial charge in [-0.3, -0.25) is 4.79 Å². The minimum atomic E-state index is -0.416. The Morgan fingerprint density at radius 3 is 2.79 bits per heavy atom. The smallest absolute Gasteiger partial charge is 0.265 e. The summed E-state index contributed by atoms with van der Waals surface area (Å²) in [5.41, 5.74) is 1.56. The highest BCUT2D eigenvalue weighted by atomic mass is 32.1. The van der Waals surface area contributed by atoms with Crippen LogP contribution in [0.15, 0.2) is 30.3 Å². The summed E-state index contributed by atoms with van der Waals surface area (Å²) in [5, 5.41) is 16.1. The van der Waals surface area contributed by atoms with Crippen LogP contribution in [0.2, 0.25) is 0 Å². The van der Waals surface area contributed by atoms with Crippen LogP contribution < -0.4 is 5.32 Å². The minimum absolute atomic E-state index is 0.149. The van der Waals surface area contributed by atoms with Gasteiger partial charge < -0.3 is 10.4 Å². The molecule has 6 heteroatoms. The second kappa shape index (κ2) is 6.40. The average molecular weight is 277 g/mol. The fourth-order valence-electron chi connectivity index (χ4n) is 1.76. The molecule has 0 aliphatic carbocycles. The number of aliphatic hydroxyl groups is 1. The first-order valence-electron chi connectivity index (χ1n) is 6.04. The van der Waals surface area contributed by atoms with E-state index in [9.17, 15) is 9.90 Å². The molecule has 1 amide bonds. The van der Waals surface area contributed by atoms with Gasteiger partial charge >= 0.3 is 0 Å². The van der Waals surface area contributed by atoms with Crippen molar-refractivity contribution in [3.8, 4) is 0 Å². The van der Waals surface area contributed by atoms with Crippen molar-refractivity contribution in [2.45, 2.75) is 19.4 Å². The van der Waals surface area contributed by atoms with Crippen molar-refractivity contribution in [1.29, 1.82) is 0 Å². The molecule has 0 aliphatic rings. The van der Waals surface area contributed by atoms with Gasteiger partial charge in [-0.1, -0.05) is 41.7 Å². The van der Waals surface area contributed by atoms with E-state index in [1.165, 1.54) is 0 Å². The van der Waals surface area contributed by atoms with Gasteiger partial charge in [0.05, 0.1) is 18.3 Å². The van der Waals surface area contributed by atoms with Crippen molar-refractivity contribution in [2.24, 2.45) is 0 Å². The van der Waals surface area contributed by atoms with E-state index in [1.807, 2.05) is 37.3 Å². The highest BCUT2D eigenvalue weighted by Gasteiger charge is 2.19. The number of hydrogen-bond donors (Lipinski definition) is 2. The maximum absolute atomic E-state index is 12.1. The minimum Gasteiger partial charge on any atom is -0.394 e. The molecular formula is C13H15N3O2S. The van der Waals surface area contributed by atoms with Crippen LogP contribution in [0, 0.1) is 0 Å². The van der Waals surface area contributed by atoms with Crippen LogP contribution in [0.3, 0.4) is 0 Å². The summed E-state index contributed by atoms with van der Waals surface area (Å²) in [5.74, 6) is -0.241. The molecule has 0 bridgehead atoms. The number of benzene rings is 1. The van der Waals surface area contributed by atoms with Crippen LogP contribution in [-0.4, -0.2) is 27.2 Å². The summed E-state index contributed by atoms with van der Waals surface area (Å²) in [6.07, 6.45) is 0.661. The normalized spacial score (nSPS) is 12.1. The predicted molar refractivity (Wildman–Crippen MR) is 73.0 cm³/mol. The molecule has 19 heavy (non-hydrogen) atoms. The van der Waals surface area contributed by atoms with Crippen LogP contribution in [0.5, 0.6) is 0 Å². The molecule has 100 valence electrons. The first-order valence-corrected chi connectivity index (χ1v) is 6.81. The number of aromatic nitrogens is 2. The highest BCUT2D eigenvalue weighted by molar-refractivity contribution is 7.08. The number of aryl methyl sites for hydroxylation is 1. The Hall–Kier alpha value is -1.79. The summed E-state index contributed by atoms with van der Waals surface area (Å²) >= 11 is 1.08. The Balaban J connectivity index is 2.13. The Labute approximate surface area is 115 Å². The van der Waals surface area contributed by atoms with Gasteiger partial charge in [-0.2, -0.15) is 0 Å². The van der Waals surface area contributed by atoms with E-state index in [-0.39, 0.29) is 12.5 Å². The third-order valence-electron chi connectivity index (χ3n) is 2.79. The predicted octanol–water partition coefficient (Wildman–Crippen LogP) is 1.56. The largest absolute Gasteiger partial charge is 0.394 e. The van der Waals surface area contributed by atoms with Gasteiger partial charge in [-0.15, -0.1) is 5.10 Å². The molecule has 1 atom stereocenters. The van der Waals surface area contributed by atoms with Crippen LogP contribution in [0.1, 0.15) is 33.9 Å². The lowest BCUT2D eigenvalue weighted by molar-refractivity contribution is 0.0919. The third kappa shape index (κ3) is 3.15. The molecule has 0 aliphatic heterocycles. The lowest BCUT2D eigenvalue weighted by Gasteiger charge is -2.16. The Bertz CT molecular complexity index is 542. The molecular weight excluding hydrogens is 262 g/mol. The topological polar surface area (TPSA) is 75.1 Å². The van der Waals surface area contributed by atoms with Gasteiger partial charge in [0.25, 0.3) is 5.91 Å². The summed E-state index contributed by atoms with van der Waals surface area (Å²) in [6, 6.07) is 8.95. The van der Waals surface area contributed by atoms with Gasteiger partial charge in [0.2, 0.25) is 0 Å². The second-order valence-corrected chi connectivity index (χ2v) is 4.78. The lowest BCUT2D eigenvalue weighted by atomic mass is 10.1. The molecule has 0 saturated heterocycles. The first kappa shape index (κ1) is 13.6. The monoisotopic (exact) mass is 277 g/mol. The maximum Gasteiger partial charge on any atom is 0.265 e. The van der Waals surface area contributed by atoms with E-state index in [0.29, 0.717) is 17.0 Å². The number of hydrogen-bond acceptors (Lipinski definition) is 5. The summed E-state index contributed by atoms with van der Waals surface area (Å²) in [7, 11) is 0. The molecule has 5 nitrogen and oxygen atoms in total. The lowest BCUT2D eigenvalue weighted by Crippen LogP contribution is -2.30. The summed E-state index contributed by atoms with van der Waals surface area (Å²) in [6.45, 7) is 1.78. The van der Waals surface area contributed by atoms with Crippen molar-refractivity contribution in [1.82, 2.24) is 14.9 Å². The number of aliphatic hydroxyl groups excluding tert-OH is 1. The Kier molecular flexibility index (Phi) is 4.59. The molecule has 2 aromatic rings. The van der Waals surface area contributed by atoms with Crippen molar-refractivity contribution in [3.63, 3.8) is 0 Å². The molecule has 1 heterocycles. The summed E-state index contributed by atoms with van der Waals surface area (Å²) < 4.78 is 3.79. The zero-order valence-electron chi connectivity index (χ0n) is 10.5. The van der Waals surface area contributed by atoms with Crippen LogP contribution >= 0.6 is 11.5 Å². The SMILES string of the molecule is CCc1nnsc1C(=O)N[C@@H](CO)c1ccccc1. The van der Waals surface area contributed by atoms with Crippen LogP contribution in [0.25, 0.3) is 0 Å². The molecule has 2 N–H and O–H groups in total. The average Bonchev–Trinajstić information content (AvgIpc) is 2.94. The Morgan fingerprint density at radius 1 is 1.42 bits per heavy atom. The zero-order chi connectivity index (χ0) is 13.7. The Morgan fingerprint density at radius 2 is 2.16 bits per heavy atom. The number of carbonyl (C=O) groups is 1. The van der Waals surface area contributed by atoms with E-state index in [0.717, 1.165) is 17.1 Å². The van der Waals surface area contributed by atoms with Crippen molar-refractivity contribution in [3.05, 3.63) is 46.5 Å². The molecule has 0 radical (unpaired) electrons. The van der Waals surface area contributed by atoms with E-state index in [1.54, 1.807) is 0 Å². The third-order valence-corrected chi connectivity index (χ3v) is 3.55. The molecule has 0 fully saturated rings. The number of amides is 1. The van der Waals surface area contributed by atoms with Crippen molar-refractivity contribution in [2.75, 3.05) is 6.61 Å². The second-order valence-electron chi connectivity index (χ2n) is 4.02. The fraction of sp³-hybridized carbons (Fsp3) is 0.308. The highest BCUT2D eigenvalue weighted by Crippen LogP contribution is 2.15. The van der Waals surface area contributed by atoms with Crippen molar-refractivity contribution >= 4 is 17.4 Å². The zero-order valence-corrected chi connectivity index (χ0v) is 11.4. The maximum atomic E-state index is 12.1. The number of nitrogens with one attached hydrogen (secondary N) is 1.